The van der Waals surface area contributed by atoms with Crippen LogP contribution in [0.1, 0.15) is 6.92 Å². The van der Waals surface area contributed by atoms with Crippen LogP contribution in [0, 0.1) is 0 Å². The van der Waals surface area contributed by atoms with E-state index in [0.717, 1.165) is 38.9 Å². The number of benzene rings is 1. The average Bonchev–Trinajstić information content (AvgIpc) is 3.17. The molecule has 0 saturated heterocycles. The van der Waals surface area contributed by atoms with Crippen molar-refractivity contribution in [1.82, 2.24) is 24.3 Å². The Kier molecular flexibility index (Phi) is 3.94. The Hall–Kier alpha value is -3.80. The van der Waals surface area contributed by atoms with E-state index in [1.165, 1.54) is 0 Å². The van der Waals surface area contributed by atoms with Gasteiger partial charge in [0.25, 0.3) is 0 Å². The van der Waals surface area contributed by atoms with E-state index in [1.54, 1.807) is 12.4 Å². The van der Waals surface area contributed by atoms with Crippen LogP contribution in [0.5, 0.6) is 6.01 Å². The molecule has 0 unspecified atom stereocenters. The number of hydrogen-bond donors (Lipinski definition) is 0. The number of imidazole rings is 1. The summed E-state index contributed by atoms with van der Waals surface area (Å²) < 4.78 is 7.39. The highest BCUT2D eigenvalue weighted by Gasteiger charge is 2.11. The summed E-state index contributed by atoms with van der Waals surface area (Å²) in [5, 5.41) is 1.11. The van der Waals surface area contributed by atoms with E-state index in [4.69, 9.17) is 4.74 Å². The maximum absolute atomic E-state index is 5.31. The summed E-state index contributed by atoms with van der Waals surface area (Å²) in [6.45, 7) is 2.46. The molecule has 0 spiro atoms. The Morgan fingerprint density at radius 3 is 2.64 bits per heavy atom. The molecule has 0 N–H and O–H groups in total. The van der Waals surface area contributed by atoms with Gasteiger partial charge in [0.05, 0.1) is 24.0 Å². The summed E-state index contributed by atoms with van der Waals surface area (Å²) in [5.41, 5.74) is 5.90. The van der Waals surface area contributed by atoms with E-state index in [9.17, 15) is 0 Å². The monoisotopic (exact) mass is 367 g/mol. The molecule has 0 aliphatic carbocycles. The van der Waals surface area contributed by atoms with Crippen molar-refractivity contribution in [3.05, 3.63) is 73.4 Å². The summed E-state index contributed by atoms with van der Waals surface area (Å²) in [5.74, 6) is 0. The van der Waals surface area contributed by atoms with Crippen molar-refractivity contribution in [2.24, 2.45) is 0 Å². The van der Waals surface area contributed by atoms with Gasteiger partial charge in [0.1, 0.15) is 5.65 Å². The molecule has 0 saturated carbocycles. The number of hydrogen-bond acceptors (Lipinski definition) is 5. The summed E-state index contributed by atoms with van der Waals surface area (Å²) in [7, 11) is 0. The van der Waals surface area contributed by atoms with Gasteiger partial charge in [0.15, 0.2) is 0 Å². The van der Waals surface area contributed by atoms with Gasteiger partial charge in [-0.2, -0.15) is 0 Å². The fourth-order valence-electron chi connectivity index (χ4n) is 3.36. The van der Waals surface area contributed by atoms with E-state index >= 15 is 0 Å². The molecule has 136 valence electrons. The first-order valence-corrected chi connectivity index (χ1v) is 9.10. The van der Waals surface area contributed by atoms with Gasteiger partial charge in [0.2, 0.25) is 0 Å². The molecule has 5 aromatic rings. The van der Waals surface area contributed by atoms with Gasteiger partial charge in [-0.15, -0.1) is 0 Å². The minimum atomic E-state index is 0.389. The second-order valence-electron chi connectivity index (χ2n) is 6.35. The highest BCUT2D eigenvalue weighted by Crippen LogP contribution is 2.29. The molecule has 6 heteroatoms. The second kappa shape index (κ2) is 6.74. The van der Waals surface area contributed by atoms with Crippen molar-refractivity contribution in [2.75, 3.05) is 6.61 Å². The first kappa shape index (κ1) is 16.4. The van der Waals surface area contributed by atoms with Gasteiger partial charge in [-0.1, -0.05) is 18.2 Å². The van der Waals surface area contributed by atoms with Gasteiger partial charge in [-0.05, 0) is 36.8 Å². The van der Waals surface area contributed by atoms with Crippen LogP contribution < -0.4 is 4.74 Å². The Morgan fingerprint density at radius 2 is 1.79 bits per heavy atom. The van der Waals surface area contributed by atoms with E-state index in [-0.39, 0.29) is 0 Å². The number of fused-ring (bicyclic) bond motifs is 2. The minimum Gasteiger partial charge on any atom is -0.464 e. The summed E-state index contributed by atoms with van der Waals surface area (Å²) >= 11 is 0. The maximum atomic E-state index is 5.31. The van der Waals surface area contributed by atoms with Crippen LogP contribution in [-0.4, -0.2) is 30.9 Å². The van der Waals surface area contributed by atoms with Crippen LogP contribution in [0.4, 0.5) is 0 Å². The summed E-state index contributed by atoms with van der Waals surface area (Å²) in [6.07, 6.45) is 9.27. The maximum Gasteiger partial charge on any atom is 0.316 e. The van der Waals surface area contributed by atoms with Gasteiger partial charge in [-0.3, -0.25) is 9.38 Å². The SMILES string of the molecule is CCOc1ncc(-c2ccn3c(-c4cccc5ncccc45)cnc3c2)cn1. The van der Waals surface area contributed by atoms with E-state index in [0.29, 0.717) is 12.6 Å². The molecule has 1 aromatic carbocycles. The molecule has 0 aliphatic rings. The molecule has 0 fully saturated rings. The molecule has 4 aromatic heterocycles. The number of rotatable bonds is 4. The fraction of sp³-hybridized carbons (Fsp3) is 0.0909. The zero-order chi connectivity index (χ0) is 18.9. The average molecular weight is 367 g/mol. The lowest BCUT2D eigenvalue weighted by Crippen LogP contribution is -1.97. The van der Waals surface area contributed by atoms with Crippen molar-refractivity contribution in [2.45, 2.75) is 6.92 Å². The van der Waals surface area contributed by atoms with Gasteiger partial charge in [-0.25, -0.2) is 15.0 Å². The normalized spacial score (nSPS) is 11.2. The van der Waals surface area contributed by atoms with Crippen LogP contribution in [-0.2, 0) is 0 Å². The highest BCUT2D eigenvalue weighted by molar-refractivity contribution is 5.94. The molecule has 5 rings (SSSR count). The predicted octanol–water partition coefficient (Wildman–Crippen LogP) is 4.41. The molecule has 4 heterocycles. The van der Waals surface area contributed by atoms with Crippen LogP contribution in [0.2, 0.25) is 0 Å². The van der Waals surface area contributed by atoms with Crippen molar-refractivity contribution >= 4 is 16.6 Å². The van der Waals surface area contributed by atoms with Crippen LogP contribution in [0.3, 0.4) is 0 Å². The molecular formula is C22H17N5O. The Labute approximate surface area is 161 Å². The first-order valence-electron chi connectivity index (χ1n) is 9.10. The number of pyridine rings is 2. The van der Waals surface area contributed by atoms with Gasteiger partial charge < -0.3 is 4.74 Å². The highest BCUT2D eigenvalue weighted by atomic mass is 16.5. The molecule has 0 atom stereocenters. The third-order valence-electron chi connectivity index (χ3n) is 4.67. The van der Waals surface area contributed by atoms with Crippen LogP contribution in [0.15, 0.2) is 73.4 Å². The molecule has 6 nitrogen and oxygen atoms in total. The minimum absolute atomic E-state index is 0.389. The molecule has 0 radical (unpaired) electrons. The lowest BCUT2D eigenvalue weighted by molar-refractivity contribution is 0.312. The topological polar surface area (TPSA) is 65.2 Å². The molecular weight excluding hydrogens is 350 g/mol. The van der Waals surface area contributed by atoms with Crippen molar-refractivity contribution in [1.29, 1.82) is 0 Å². The van der Waals surface area contributed by atoms with Crippen LogP contribution >= 0.6 is 0 Å². The third kappa shape index (κ3) is 2.75. The fourth-order valence-corrected chi connectivity index (χ4v) is 3.36. The van der Waals surface area contributed by atoms with Gasteiger partial charge >= 0.3 is 6.01 Å². The Bertz CT molecular complexity index is 1270. The van der Waals surface area contributed by atoms with Crippen LogP contribution in [0.25, 0.3) is 38.9 Å². The zero-order valence-corrected chi connectivity index (χ0v) is 15.3. The van der Waals surface area contributed by atoms with E-state index in [2.05, 4.69) is 36.5 Å². The van der Waals surface area contributed by atoms with Crippen molar-refractivity contribution < 1.29 is 4.74 Å². The predicted molar refractivity (Wildman–Crippen MR) is 108 cm³/mol. The summed E-state index contributed by atoms with van der Waals surface area (Å²) in [6, 6.07) is 14.7. The molecule has 28 heavy (non-hydrogen) atoms. The Balaban J connectivity index is 1.58. The van der Waals surface area contributed by atoms with E-state index in [1.807, 2.05) is 55.8 Å². The molecule has 0 amide bonds. The number of nitrogens with zero attached hydrogens (tertiary/aromatic N) is 5. The lowest BCUT2D eigenvalue weighted by Gasteiger charge is -2.07. The smallest absolute Gasteiger partial charge is 0.316 e. The standard InChI is InChI=1S/C22H17N5O/c1-2-28-22-25-12-16(13-26-22)15-8-10-27-20(14-24-21(27)11-15)18-5-3-7-19-17(18)6-4-9-23-19/h3-14H,2H2,1H3. The zero-order valence-electron chi connectivity index (χ0n) is 15.3. The van der Waals surface area contributed by atoms with Crippen molar-refractivity contribution in [3.63, 3.8) is 0 Å². The lowest BCUT2D eigenvalue weighted by atomic mass is 10.1. The number of aromatic nitrogens is 5. The van der Waals surface area contributed by atoms with Gasteiger partial charge in [0, 0.05) is 41.3 Å². The van der Waals surface area contributed by atoms with Crippen molar-refractivity contribution in [3.8, 4) is 28.4 Å². The molecule has 0 bridgehead atoms. The molecule has 0 aliphatic heterocycles. The summed E-state index contributed by atoms with van der Waals surface area (Å²) in [4.78, 5) is 17.6. The Morgan fingerprint density at radius 1 is 0.893 bits per heavy atom. The quantitative estimate of drug-likeness (QED) is 0.471. The van der Waals surface area contributed by atoms with E-state index < -0.39 is 0 Å². The largest absolute Gasteiger partial charge is 0.464 e. The second-order valence-corrected chi connectivity index (χ2v) is 6.35. The number of ether oxygens (including phenoxy) is 1. The first-order chi connectivity index (χ1) is 13.8. The third-order valence-corrected chi connectivity index (χ3v) is 4.67.